The zero-order valence-electron chi connectivity index (χ0n) is 30.1. The van der Waals surface area contributed by atoms with Crippen molar-refractivity contribution in [3.05, 3.63) is 199 Å². The minimum Gasteiger partial charge on any atom is -0.486 e. The molecule has 1 radical (unpaired) electrons. The molecule has 0 fully saturated rings. The summed E-state index contributed by atoms with van der Waals surface area (Å²) >= 11 is 0. The minimum atomic E-state index is 0. The molecular weight excluding hydrogens is 839 g/mol. The smallest absolute Gasteiger partial charge is 0.216 e. The number of fused-ring (bicyclic) bond motifs is 3. The van der Waals surface area contributed by atoms with Gasteiger partial charge in [-0.05, 0) is 77.2 Å². The zero-order valence-corrected chi connectivity index (χ0v) is 32.5. The van der Waals surface area contributed by atoms with Gasteiger partial charge in [0.05, 0.1) is 5.58 Å². The molecule has 0 aliphatic heterocycles. The van der Waals surface area contributed by atoms with E-state index in [1.165, 1.54) is 38.9 Å². The van der Waals surface area contributed by atoms with Crippen LogP contribution in [0.2, 0.25) is 0 Å². The Hall–Kier alpha value is -6.00. The van der Waals surface area contributed by atoms with Crippen LogP contribution in [0.4, 0.5) is 0 Å². The molecule has 4 aromatic heterocycles. The molecule has 0 aliphatic carbocycles. The number of aryl methyl sites for hydroxylation is 4. The van der Waals surface area contributed by atoms with Gasteiger partial charge >= 0.3 is 0 Å². The molecule has 9 rings (SSSR count). The maximum Gasteiger partial charge on any atom is 0.216 e. The fourth-order valence-corrected chi connectivity index (χ4v) is 6.66. The van der Waals surface area contributed by atoms with Crippen LogP contribution in [-0.4, -0.2) is 15.0 Å². The summed E-state index contributed by atoms with van der Waals surface area (Å²) in [6.45, 7) is 4.23. The third-order valence-electron chi connectivity index (χ3n) is 9.50. The molecule has 0 unspecified atom stereocenters. The van der Waals surface area contributed by atoms with Crippen LogP contribution in [0.15, 0.2) is 168 Å². The van der Waals surface area contributed by atoms with E-state index in [1.54, 1.807) is 6.20 Å². The van der Waals surface area contributed by atoms with Crippen molar-refractivity contribution in [2.45, 2.75) is 26.7 Å². The Kier molecular flexibility index (Phi) is 11.3. The topological polar surface area (TPSA) is 51.8 Å². The van der Waals surface area contributed by atoms with Gasteiger partial charge in [0.25, 0.3) is 0 Å². The first kappa shape index (κ1) is 36.4. The van der Waals surface area contributed by atoms with Gasteiger partial charge in [0, 0.05) is 43.6 Å². The number of rotatable bonds is 7. The fourth-order valence-electron chi connectivity index (χ4n) is 6.66. The van der Waals surface area contributed by atoms with E-state index in [0.717, 1.165) is 57.4 Å². The van der Waals surface area contributed by atoms with E-state index in [9.17, 15) is 0 Å². The Morgan fingerprint density at radius 1 is 0.593 bits per heavy atom. The normalized spacial score (nSPS) is 10.8. The zero-order chi connectivity index (χ0) is 36.0. The van der Waals surface area contributed by atoms with Crippen molar-refractivity contribution in [1.29, 1.82) is 0 Å². The third kappa shape index (κ3) is 7.99. The number of hydrogen-bond donors (Lipinski definition) is 0. The largest absolute Gasteiger partial charge is 0.486 e. The molecular formula is C49H37IrN3O-2. The van der Waals surface area contributed by atoms with E-state index in [4.69, 9.17) is 9.40 Å². The second kappa shape index (κ2) is 16.8. The predicted molar refractivity (Wildman–Crippen MR) is 216 cm³/mol. The Labute approximate surface area is 330 Å². The van der Waals surface area contributed by atoms with Crippen LogP contribution >= 0.6 is 0 Å². The fraction of sp³-hybridized carbons (Fsp3) is 0.0816. The summed E-state index contributed by atoms with van der Waals surface area (Å²) in [4.78, 5) is 13.9. The number of nitrogens with zero attached hydrogens (tertiary/aromatic N) is 3. The molecule has 9 aromatic rings. The number of aromatic nitrogens is 3. The van der Waals surface area contributed by atoms with Crippen molar-refractivity contribution >= 4 is 22.1 Å². The van der Waals surface area contributed by atoms with E-state index in [2.05, 4.69) is 139 Å². The number of furan rings is 1. The van der Waals surface area contributed by atoms with Crippen molar-refractivity contribution in [2.24, 2.45) is 0 Å². The summed E-state index contributed by atoms with van der Waals surface area (Å²) in [6, 6.07) is 58.5. The maximum absolute atomic E-state index is 6.15. The van der Waals surface area contributed by atoms with Crippen LogP contribution in [0.1, 0.15) is 22.4 Å². The first-order chi connectivity index (χ1) is 26.1. The first-order valence-electron chi connectivity index (χ1n) is 17.9. The van der Waals surface area contributed by atoms with Gasteiger partial charge in [-0.15, -0.1) is 47.5 Å². The molecule has 0 amide bonds. The summed E-state index contributed by atoms with van der Waals surface area (Å²) < 4.78 is 6.15. The Morgan fingerprint density at radius 2 is 1.28 bits per heavy atom. The first-order valence-corrected chi connectivity index (χ1v) is 17.9. The molecule has 5 heteroatoms. The second-order valence-corrected chi connectivity index (χ2v) is 13.1. The van der Waals surface area contributed by atoms with Crippen LogP contribution in [0.3, 0.4) is 0 Å². The van der Waals surface area contributed by atoms with Crippen LogP contribution in [0, 0.1) is 26.0 Å². The van der Waals surface area contributed by atoms with Gasteiger partial charge in [0.1, 0.15) is 0 Å². The maximum atomic E-state index is 6.15. The van der Waals surface area contributed by atoms with Gasteiger partial charge in [0.15, 0.2) is 0 Å². The van der Waals surface area contributed by atoms with Gasteiger partial charge in [-0.3, -0.25) is 0 Å². The average molecular weight is 876 g/mol. The Morgan fingerprint density at radius 3 is 1.98 bits per heavy atom. The van der Waals surface area contributed by atoms with Crippen molar-refractivity contribution in [3.8, 4) is 44.8 Å². The SMILES string of the molecule is Cc1c[c-]c(-c2cc(-c3ccccc3)c(C)cn2)cc1-c1ccccc1.[Ir].[c-]1ccc2c(oc3nc(CCc4ccccc4)ccc32)c1-c1ccccn1. The molecule has 0 N–H and O–H groups in total. The molecule has 4 nitrogen and oxygen atoms in total. The molecule has 0 aliphatic rings. The van der Waals surface area contributed by atoms with E-state index >= 15 is 0 Å². The summed E-state index contributed by atoms with van der Waals surface area (Å²) in [7, 11) is 0. The summed E-state index contributed by atoms with van der Waals surface area (Å²) in [5.74, 6) is 0. The van der Waals surface area contributed by atoms with Gasteiger partial charge in [-0.1, -0.05) is 133 Å². The van der Waals surface area contributed by atoms with Gasteiger partial charge < -0.3 is 14.4 Å². The average Bonchev–Trinajstić information content (AvgIpc) is 3.60. The summed E-state index contributed by atoms with van der Waals surface area (Å²) in [5.41, 5.74) is 14.8. The molecule has 0 atom stereocenters. The van der Waals surface area contributed by atoms with Crippen molar-refractivity contribution in [3.63, 3.8) is 0 Å². The van der Waals surface area contributed by atoms with E-state index in [0.29, 0.717) is 5.71 Å². The second-order valence-electron chi connectivity index (χ2n) is 13.1. The molecule has 0 spiro atoms. The van der Waals surface area contributed by atoms with Crippen molar-refractivity contribution in [2.75, 3.05) is 0 Å². The Bertz CT molecular complexity index is 2540. The van der Waals surface area contributed by atoms with Crippen LogP contribution in [0.5, 0.6) is 0 Å². The molecule has 4 heterocycles. The molecule has 265 valence electrons. The molecule has 0 saturated heterocycles. The van der Waals surface area contributed by atoms with E-state index < -0.39 is 0 Å². The number of benzene rings is 5. The van der Waals surface area contributed by atoms with Crippen LogP contribution in [0.25, 0.3) is 66.8 Å². The van der Waals surface area contributed by atoms with E-state index in [-0.39, 0.29) is 20.1 Å². The van der Waals surface area contributed by atoms with Crippen LogP contribution < -0.4 is 0 Å². The number of hydrogen-bond acceptors (Lipinski definition) is 4. The Balaban J connectivity index is 0.000000164. The molecule has 0 saturated carbocycles. The van der Waals surface area contributed by atoms with Crippen LogP contribution in [-0.2, 0) is 32.9 Å². The van der Waals surface area contributed by atoms with Gasteiger partial charge in [0.2, 0.25) is 5.71 Å². The molecule has 0 bridgehead atoms. The van der Waals surface area contributed by atoms with Gasteiger partial charge in [-0.25, -0.2) is 4.98 Å². The quantitative estimate of drug-likeness (QED) is 0.150. The number of pyridine rings is 3. The monoisotopic (exact) mass is 876 g/mol. The van der Waals surface area contributed by atoms with Crippen molar-refractivity contribution in [1.82, 2.24) is 15.0 Å². The summed E-state index contributed by atoms with van der Waals surface area (Å²) in [5, 5.41) is 2.08. The molecule has 5 aromatic carbocycles. The summed E-state index contributed by atoms with van der Waals surface area (Å²) in [6.07, 6.45) is 5.58. The predicted octanol–water partition coefficient (Wildman–Crippen LogP) is 12.1. The standard InChI is InChI=1S/C25H20N.C24H17N2O.Ir/c1-18-13-14-22(15-23(18)20-9-5-3-6-10-20)25-16-24(19(2)17-26-25)21-11-7-4-8-12-21;1-2-7-17(8-3-1)12-13-18-14-15-20-19-9-6-10-21(22-11-4-5-16-25-22)23(19)27-24(20)26-18;/h3-13,15-17H,1-2H3;1-9,11,14-16H,12-13H2;/q2*-1;. The minimum absolute atomic E-state index is 0. The van der Waals surface area contributed by atoms with E-state index in [1.807, 2.05) is 54.7 Å². The molecule has 54 heavy (non-hydrogen) atoms. The van der Waals surface area contributed by atoms with Gasteiger partial charge in [-0.2, -0.15) is 0 Å². The third-order valence-corrected chi connectivity index (χ3v) is 9.50. The van der Waals surface area contributed by atoms with Crippen molar-refractivity contribution < 1.29 is 24.5 Å².